The zero-order chi connectivity index (χ0) is 77.4. The molecule has 0 radical (unpaired) electrons. The minimum atomic E-state index is -5.01. The maximum Gasteiger partial charge on any atom is 0.472 e. The summed E-state index contributed by atoms with van der Waals surface area (Å²) in [6.07, 6.45) is 89.9. The fourth-order valence-electron chi connectivity index (χ4n) is 10.5. The molecule has 0 saturated carbocycles. The fourth-order valence-corrected chi connectivity index (χ4v) is 12.1. The molecule has 19 heteroatoms. The van der Waals surface area contributed by atoms with Crippen LogP contribution >= 0.6 is 15.6 Å². The van der Waals surface area contributed by atoms with Gasteiger partial charge in [0.2, 0.25) is 0 Å². The Hall–Kier alpha value is -5.06. The zero-order valence-electron chi connectivity index (χ0n) is 66.3. The van der Waals surface area contributed by atoms with Crippen molar-refractivity contribution in [2.75, 3.05) is 39.6 Å². The van der Waals surface area contributed by atoms with Gasteiger partial charge in [-0.2, -0.15) is 0 Å². The monoisotopic (exact) mass is 1530 g/mol. The molecule has 0 aromatic heterocycles. The van der Waals surface area contributed by atoms with Crippen LogP contribution in [0.1, 0.15) is 323 Å². The second-order valence-corrected chi connectivity index (χ2v) is 29.9. The third-order valence-corrected chi connectivity index (χ3v) is 18.7. The number of aliphatic hydroxyl groups is 1. The van der Waals surface area contributed by atoms with Crippen molar-refractivity contribution in [2.45, 2.75) is 341 Å². The first-order chi connectivity index (χ1) is 51.7. The van der Waals surface area contributed by atoms with Crippen molar-refractivity contribution in [3.05, 3.63) is 146 Å². The highest BCUT2D eigenvalue weighted by molar-refractivity contribution is 7.47. The van der Waals surface area contributed by atoms with Crippen LogP contribution in [0.2, 0.25) is 0 Å². The van der Waals surface area contributed by atoms with Crippen LogP contribution in [0, 0.1) is 0 Å². The van der Waals surface area contributed by atoms with Gasteiger partial charge in [-0.3, -0.25) is 37.3 Å². The molecular formula is C87H146O17P2. The predicted molar refractivity (Wildman–Crippen MR) is 436 cm³/mol. The summed E-state index contributed by atoms with van der Waals surface area (Å²) < 4.78 is 68.5. The SMILES string of the molecule is CCC=CCC=CCC=CCC=CCC=CCC=CCCC(=O)OCC(COP(=O)(O)OCC(O)COP(=O)(O)OCC(COC(=O)CCCCCCCC=CCC=CCCCCC)OC(=O)CCCCCCCC=CCCCCCCCC)OC(=O)CCCC=CCC=CCC=CCCCCCCCC. The maximum absolute atomic E-state index is 13.1. The van der Waals surface area contributed by atoms with E-state index in [0.29, 0.717) is 38.5 Å². The lowest BCUT2D eigenvalue weighted by Gasteiger charge is -2.21. The quantitative estimate of drug-likeness (QED) is 0.0169. The van der Waals surface area contributed by atoms with Gasteiger partial charge in [0.1, 0.15) is 19.3 Å². The van der Waals surface area contributed by atoms with Gasteiger partial charge in [-0.05, 0) is 154 Å². The minimum Gasteiger partial charge on any atom is -0.462 e. The van der Waals surface area contributed by atoms with Crippen LogP contribution in [0.25, 0.3) is 0 Å². The molecule has 0 amide bonds. The molecular weight excluding hydrogens is 1380 g/mol. The first-order valence-corrected chi connectivity index (χ1v) is 44.1. The molecule has 0 rings (SSSR count). The van der Waals surface area contributed by atoms with Gasteiger partial charge in [-0.25, -0.2) is 9.13 Å². The van der Waals surface area contributed by atoms with Crippen LogP contribution < -0.4 is 0 Å². The summed E-state index contributed by atoms with van der Waals surface area (Å²) >= 11 is 0. The lowest BCUT2D eigenvalue weighted by molar-refractivity contribution is -0.161. The lowest BCUT2D eigenvalue weighted by atomic mass is 10.1. The predicted octanol–water partition coefficient (Wildman–Crippen LogP) is 24.2. The van der Waals surface area contributed by atoms with E-state index in [1.165, 1.54) is 96.3 Å². The van der Waals surface area contributed by atoms with Crippen molar-refractivity contribution in [3.63, 3.8) is 0 Å². The maximum atomic E-state index is 13.1. The summed E-state index contributed by atoms with van der Waals surface area (Å²) in [6.45, 7) is 4.57. The molecule has 0 aromatic carbocycles. The van der Waals surface area contributed by atoms with Gasteiger partial charge in [0.25, 0.3) is 0 Å². The molecule has 0 aromatic rings. The number of carbonyl (C=O) groups is 4. The van der Waals surface area contributed by atoms with E-state index >= 15 is 0 Å². The van der Waals surface area contributed by atoms with E-state index < -0.39 is 97.5 Å². The van der Waals surface area contributed by atoms with Crippen molar-refractivity contribution >= 4 is 39.5 Å². The first-order valence-electron chi connectivity index (χ1n) is 41.1. The third-order valence-electron chi connectivity index (χ3n) is 16.8. The number of allylic oxidation sites excluding steroid dienone is 24. The third kappa shape index (κ3) is 77.1. The number of carbonyl (C=O) groups excluding carboxylic acids is 4. The van der Waals surface area contributed by atoms with Crippen LogP contribution in [0.15, 0.2) is 146 Å². The normalized spacial score (nSPS) is 14.6. The van der Waals surface area contributed by atoms with Gasteiger partial charge in [-0.15, -0.1) is 0 Å². The average molecular weight is 1530 g/mol. The summed E-state index contributed by atoms with van der Waals surface area (Å²) in [5.74, 6) is -2.36. The molecule has 0 aliphatic heterocycles. The number of hydrogen-bond acceptors (Lipinski definition) is 15. The first kappa shape index (κ1) is 101. The van der Waals surface area contributed by atoms with Gasteiger partial charge < -0.3 is 33.8 Å². The molecule has 0 aliphatic rings. The molecule has 0 bridgehead atoms. The van der Waals surface area contributed by atoms with Gasteiger partial charge in [0.05, 0.1) is 26.4 Å². The van der Waals surface area contributed by atoms with Crippen LogP contribution in [0.4, 0.5) is 0 Å². The Morgan fingerprint density at radius 2 is 0.519 bits per heavy atom. The molecule has 0 spiro atoms. The Balaban J connectivity index is 5.50. The van der Waals surface area contributed by atoms with Crippen molar-refractivity contribution in [3.8, 4) is 0 Å². The second kappa shape index (κ2) is 78.1. The highest BCUT2D eigenvalue weighted by Crippen LogP contribution is 2.45. The topological polar surface area (TPSA) is 237 Å². The van der Waals surface area contributed by atoms with Gasteiger partial charge in [0, 0.05) is 25.7 Å². The number of ether oxygens (including phenoxy) is 4. The number of aliphatic hydroxyl groups excluding tert-OH is 1. The van der Waals surface area contributed by atoms with E-state index in [0.717, 1.165) is 135 Å². The largest absolute Gasteiger partial charge is 0.472 e. The van der Waals surface area contributed by atoms with Gasteiger partial charge in [-0.1, -0.05) is 289 Å². The molecule has 0 fully saturated rings. The van der Waals surface area contributed by atoms with Crippen LogP contribution in [-0.4, -0.2) is 96.7 Å². The standard InChI is InChI=1S/C87H146O17P2/c1-5-9-13-17-21-25-29-33-37-39-40-42-45-48-52-56-60-64-68-72-85(90)98-78-83(104-87(92)74-70-66-62-58-54-50-46-41-38-34-30-26-22-18-14-10-6-2)80-102-106(95,96)100-76-81(88)75-99-105(93,94)101-79-82(103-86(91)73-69-65-61-57-53-49-44-36-32-28-24-20-16-12-8-4)77-97-84(89)71-67-63-59-55-51-47-43-35-31-27-23-19-15-11-7-3/h9,13,21,23,25,27,33-38,40,42-44,46,48,50,52,58,60,62,64,81-83,88H,5-8,10-12,14-20,22,24,26,28-32,39,41,45,47,49,51,53-57,59,61,63,65-80H2,1-4H3,(H,93,94)(H,95,96). The van der Waals surface area contributed by atoms with E-state index in [2.05, 4.69) is 143 Å². The summed E-state index contributed by atoms with van der Waals surface area (Å²) in [6, 6.07) is 0. The Bertz CT molecular complexity index is 2580. The van der Waals surface area contributed by atoms with Crippen molar-refractivity contribution in [2.24, 2.45) is 0 Å². The molecule has 0 aliphatic carbocycles. The van der Waals surface area contributed by atoms with Crippen LogP contribution in [-0.2, 0) is 65.4 Å². The molecule has 17 nitrogen and oxygen atoms in total. The zero-order valence-corrected chi connectivity index (χ0v) is 68.1. The number of phosphoric acid groups is 2. The molecule has 606 valence electrons. The second-order valence-electron chi connectivity index (χ2n) is 27.0. The number of rotatable bonds is 76. The summed E-state index contributed by atoms with van der Waals surface area (Å²) in [4.78, 5) is 73.0. The summed E-state index contributed by atoms with van der Waals surface area (Å²) in [5.41, 5.74) is 0. The van der Waals surface area contributed by atoms with E-state index in [-0.39, 0.29) is 25.7 Å². The average Bonchev–Trinajstić information content (AvgIpc) is 0.902. The van der Waals surface area contributed by atoms with E-state index in [1.54, 1.807) is 0 Å². The summed E-state index contributed by atoms with van der Waals surface area (Å²) in [7, 11) is -10.0. The van der Waals surface area contributed by atoms with Crippen molar-refractivity contribution in [1.29, 1.82) is 0 Å². The Labute approximate surface area is 643 Å². The molecule has 106 heavy (non-hydrogen) atoms. The van der Waals surface area contributed by atoms with Gasteiger partial charge in [0.15, 0.2) is 12.2 Å². The van der Waals surface area contributed by atoms with E-state index in [1.807, 2.05) is 30.4 Å². The molecule has 5 atom stereocenters. The Morgan fingerprint density at radius 3 is 0.877 bits per heavy atom. The lowest BCUT2D eigenvalue weighted by Crippen LogP contribution is -2.30. The van der Waals surface area contributed by atoms with Crippen LogP contribution in [0.3, 0.4) is 0 Å². The van der Waals surface area contributed by atoms with Crippen molar-refractivity contribution in [1.82, 2.24) is 0 Å². The minimum absolute atomic E-state index is 0.00319. The van der Waals surface area contributed by atoms with E-state index in [9.17, 15) is 43.2 Å². The summed E-state index contributed by atoms with van der Waals surface area (Å²) in [5, 5.41) is 10.6. The number of hydrogen-bond donors (Lipinski definition) is 3. The highest BCUT2D eigenvalue weighted by atomic mass is 31.2. The smallest absolute Gasteiger partial charge is 0.462 e. The molecule has 3 N–H and O–H groups in total. The fraction of sp³-hybridized carbons (Fsp3) is 0.678. The Morgan fingerprint density at radius 1 is 0.274 bits per heavy atom. The van der Waals surface area contributed by atoms with E-state index in [4.69, 9.17) is 37.0 Å². The van der Waals surface area contributed by atoms with Gasteiger partial charge >= 0.3 is 39.5 Å². The van der Waals surface area contributed by atoms with Crippen LogP contribution in [0.5, 0.6) is 0 Å². The number of unbranched alkanes of at least 4 members (excludes halogenated alkanes) is 26. The Kier molecular flexibility index (Phi) is 74.3. The number of esters is 4. The molecule has 0 heterocycles. The van der Waals surface area contributed by atoms with Crippen molar-refractivity contribution < 1.29 is 80.2 Å². The molecule has 0 saturated heterocycles. The highest BCUT2D eigenvalue weighted by Gasteiger charge is 2.30. The molecule has 5 unspecified atom stereocenters. The number of phosphoric ester groups is 2.